The van der Waals surface area contributed by atoms with Crippen molar-refractivity contribution in [3.8, 4) is 0 Å². The lowest BCUT2D eigenvalue weighted by Gasteiger charge is -2.15. The number of nitrogens with two attached hydrogens (primary N) is 1. The van der Waals surface area contributed by atoms with Crippen LogP contribution in [0.2, 0.25) is 0 Å². The number of nitrogen functional groups attached to an aromatic ring is 1. The lowest BCUT2D eigenvalue weighted by molar-refractivity contribution is 0.0776. The molecule has 8 heteroatoms. The number of aromatic nitrogens is 4. The molecule has 0 fully saturated rings. The lowest BCUT2D eigenvalue weighted by Crippen LogP contribution is -2.27. The van der Waals surface area contributed by atoms with Crippen molar-refractivity contribution >= 4 is 11.7 Å². The number of nitrogens with one attached hydrogen (secondary N) is 2. The van der Waals surface area contributed by atoms with Gasteiger partial charge in [-0.1, -0.05) is 6.07 Å². The number of aromatic amines is 1. The van der Waals surface area contributed by atoms with E-state index in [1.54, 1.807) is 25.2 Å². The van der Waals surface area contributed by atoms with Crippen LogP contribution in [0.4, 0.5) is 5.82 Å². The fourth-order valence-electron chi connectivity index (χ4n) is 1.43. The maximum atomic E-state index is 12.1. The number of hydrogen-bond acceptors (Lipinski definition) is 6. The number of carbonyl (C=O) groups is 1. The average Bonchev–Trinajstić information content (AvgIpc) is 2.90. The fourth-order valence-corrected chi connectivity index (χ4v) is 1.43. The van der Waals surface area contributed by atoms with Crippen LogP contribution in [-0.4, -0.2) is 38.0 Å². The first-order valence-electron chi connectivity index (χ1n) is 5.24. The Morgan fingerprint density at radius 1 is 1.56 bits per heavy atom. The second-order valence-corrected chi connectivity index (χ2v) is 3.65. The van der Waals surface area contributed by atoms with Gasteiger partial charge in [-0.2, -0.15) is 5.10 Å². The monoisotopic (exact) mass is 247 g/mol. The number of nitrogens with zero attached hydrogens (tertiary/aromatic N) is 4. The van der Waals surface area contributed by atoms with Crippen LogP contribution in [-0.2, 0) is 6.54 Å². The third kappa shape index (κ3) is 2.61. The molecule has 2 aromatic rings. The Morgan fingerprint density at radius 3 is 3.06 bits per heavy atom. The molecule has 0 unspecified atom stereocenters. The third-order valence-electron chi connectivity index (χ3n) is 2.31. The van der Waals surface area contributed by atoms with E-state index in [1.165, 1.54) is 11.2 Å². The highest BCUT2D eigenvalue weighted by atomic mass is 16.2. The van der Waals surface area contributed by atoms with E-state index in [0.717, 1.165) is 0 Å². The molecule has 2 rings (SSSR count). The Kier molecular flexibility index (Phi) is 3.49. The summed E-state index contributed by atoms with van der Waals surface area (Å²) in [6.07, 6.45) is 1.39. The van der Waals surface area contributed by atoms with E-state index in [-0.39, 0.29) is 5.91 Å². The van der Waals surface area contributed by atoms with Gasteiger partial charge < -0.3 is 10.3 Å². The first-order chi connectivity index (χ1) is 8.70. The molecular formula is C10H13N7O. The van der Waals surface area contributed by atoms with Gasteiger partial charge in [0.15, 0.2) is 0 Å². The number of anilines is 1. The van der Waals surface area contributed by atoms with E-state index in [1.807, 2.05) is 0 Å². The summed E-state index contributed by atoms with van der Waals surface area (Å²) >= 11 is 0. The molecule has 2 aromatic heterocycles. The maximum absolute atomic E-state index is 12.1. The first-order valence-corrected chi connectivity index (χ1v) is 5.24. The predicted molar refractivity (Wildman–Crippen MR) is 64.2 cm³/mol. The second kappa shape index (κ2) is 5.23. The average molecular weight is 247 g/mol. The minimum Gasteiger partial charge on any atom is -0.333 e. The summed E-state index contributed by atoms with van der Waals surface area (Å²) in [6.45, 7) is 0.334. The Hall–Kier alpha value is -2.48. The maximum Gasteiger partial charge on any atom is 0.272 e. The molecule has 0 aliphatic carbocycles. The summed E-state index contributed by atoms with van der Waals surface area (Å²) in [4.78, 5) is 21.6. The Labute approximate surface area is 103 Å². The highest BCUT2D eigenvalue weighted by molar-refractivity contribution is 5.92. The summed E-state index contributed by atoms with van der Waals surface area (Å²) in [5.41, 5.74) is 2.71. The fraction of sp³-hybridized carbons (Fsp3) is 0.200. The van der Waals surface area contributed by atoms with Crippen molar-refractivity contribution in [3.05, 3.63) is 36.0 Å². The molecule has 0 aliphatic heterocycles. The summed E-state index contributed by atoms with van der Waals surface area (Å²) in [7, 11) is 1.66. The quantitative estimate of drug-likeness (QED) is 0.507. The van der Waals surface area contributed by atoms with Gasteiger partial charge in [0.05, 0.1) is 6.54 Å². The van der Waals surface area contributed by atoms with Crippen LogP contribution in [0.3, 0.4) is 0 Å². The van der Waals surface area contributed by atoms with Gasteiger partial charge in [-0.15, -0.1) is 0 Å². The van der Waals surface area contributed by atoms with Crippen molar-refractivity contribution in [2.75, 3.05) is 12.5 Å². The van der Waals surface area contributed by atoms with Crippen molar-refractivity contribution in [2.24, 2.45) is 5.84 Å². The molecular weight excluding hydrogens is 234 g/mol. The Morgan fingerprint density at radius 2 is 2.39 bits per heavy atom. The highest BCUT2D eigenvalue weighted by Gasteiger charge is 2.14. The number of amides is 1. The van der Waals surface area contributed by atoms with E-state index in [0.29, 0.717) is 23.9 Å². The van der Waals surface area contributed by atoms with Crippen LogP contribution in [0.1, 0.15) is 16.3 Å². The molecule has 18 heavy (non-hydrogen) atoms. The zero-order valence-electron chi connectivity index (χ0n) is 9.79. The molecule has 1 amide bonds. The minimum absolute atomic E-state index is 0.219. The van der Waals surface area contributed by atoms with Crippen molar-refractivity contribution in [1.82, 2.24) is 25.1 Å². The van der Waals surface area contributed by atoms with E-state index < -0.39 is 0 Å². The number of pyridine rings is 1. The topological polar surface area (TPSA) is 113 Å². The smallest absolute Gasteiger partial charge is 0.272 e. The Balaban J connectivity index is 2.10. The van der Waals surface area contributed by atoms with Gasteiger partial charge in [-0.05, 0) is 12.1 Å². The zero-order valence-corrected chi connectivity index (χ0v) is 9.79. The van der Waals surface area contributed by atoms with E-state index in [4.69, 9.17) is 5.84 Å². The summed E-state index contributed by atoms with van der Waals surface area (Å²) in [6, 6.07) is 5.00. The minimum atomic E-state index is -0.219. The number of rotatable bonds is 4. The zero-order chi connectivity index (χ0) is 13.0. The van der Waals surface area contributed by atoms with Gasteiger partial charge in [0.1, 0.15) is 23.7 Å². The Bertz CT molecular complexity index is 525. The van der Waals surface area contributed by atoms with Crippen LogP contribution in [0, 0.1) is 0 Å². The normalized spacial score (nSPS) is 10.1. The predicted octanol–water partition coefficient (Wildman–Crippen LogP) is -0.243. The van der Waals surface area contributed by atoms with Crippen molar-refractivity contribution in [1.29, 1.82) is 0 Å². The summed E-state index contributed by atoms with van der Waals surface area (Å²) in [5.74, 6) is 6.07. The molecule has 0 saturated carbocycles. The van der Waals surface area contributed by atoms with E-state index in [2.05, 4.69) is 25.6 Å². The standard InChI is InChI=1S/C10H13N7O/c1-17(5-9-12-6-13-16-9)10(18)7-3-2-4-8(14-7)15-11/h2-4,6H,5,11H2,1H3,(H,14,15)(H,12,13,16). The van der Waals surface area contributed by atoms with Gasteiger partial charge in [0, 0.05) is 7.05 Å². The second-order valence-electron chi connectivity index (χ2n) is 3.65. The summed E-state index contributed by atoms with van der Waals surface area (Å²) in [5, 5.41) is 6.41. The number of hydrazine groups is 1. The molecule has 0 spiro atoms. The largest absolute Gasteiger partial charge is 0.333 e. The third-order valence-corrected chi connectivity index (χ3v) is 2.31. The lowest BCUT2D eigenvalue weighted by atomic mass is 10.3. The van der Waals surface area contributed by atoms with Gasteiger partial charge in [0.25, 0.3) is 5.91 Å². The molecule has 0 aliphatic rings. The van der Waals surface area contributed by atoms with Crippen molar-refractivity contribution in [3.63, 3.8) is 0 Å². The van der Waals surface area contributed by atoms with Crippen LogP contribution in [0.5, 0.6) is 0 Å². The molecule has 4 N–H and O–H groups in total. The van der Waals surface area contributed by atoms with Crippen LogP contribution in [0.15, 0.2) is 24.5 Å². The molecule has 0 saturated heterocycles. The molecule has 8 nitrogen and oxygen atoms in total. The molecule has 94 valence electrons. The van der Waals surface area contributed by atoms with Crippen LogP contribution in [0.25, 0.3) is 0 Å². The molecule has 0 radical (unpaired) electrons. The van der Waals surface area contributed by atoms with E-state index in [9.17, 15) is 4.79 Å². The number of hydrogen-bond donors (Lipinski definition) is 3. The van der Waals surface area contributed by atoms with Gasteiger partial charge in [-0.3, -0.25) is 9.89 Å². The van der Waals surface area contributed by atoms with E-state index >= 15 is 0 Å². The van der Waals surface area contributed by atoms with Gasteiger partial charge in [0.2, 0.25) is 0 Å². The molecule has 0 bridgehead atoms. The van der Waals surface area contributed by atoms with Crippen molar-refractivity contribution in [2.45, 2.75) is 6.54 Å². The number of carbonyl (C=O) groups excluding carboxylic acids is 1. The molecule has 0 atom stereocenters. The number of H-pyrrole nitrogens is 1. The molecule has 0 aromatic carbocycles. The van der Waals surface area contributed by atoms with Crippen molar-refractivity contribution < 1.29 is 4.79 Å². The SMILES string of the molecule is CN(Cc1ncn[nH]1)C(=O)c1cccc(NN)n1. The summed E-state index contributed by atoms with van der Waals surface area (Å²) < 4.78 is 0. The highest BCUT2D eigenvalue weighted by Crippen LogP contribution is 2.07. The van der Waals surface area contributed by atoms with Gasteiger partial charge >= 0.3 is 0 Å². The molecule has 2 heterocycles. The first kappa shape index (κ1) is 12.0. The van der Waals surface area contributed by atoms with Crippen LogP contribution >= 0.6 is 0 Å². The van der Waals surface area contributed by atoms with Gasteiger partial charge in [-0.25, -0.2) is 15.8 Å². The van der Waals surface area contributed by atoms with Crippen LogP contribution < -0.4 is 11.3 Å².